The molecule has 0 radical (unpaired) electrons. The van der Waals surface area contributed by atoms with Crippen molar-refractivity contribution in [2.45, 2.75) is 18.2 Å². The zero-order valence-electron chi connectivity index (χ0n) is 11.5. The predicted molar refractivity (Wildman–Crippen MR) is 90.9 cm³/mol. The van der Waals surface area contributed by atoms with E-state index in [-0.39, 0.29) is 28.7 Å². The number of hydrogen-bond acceptors (Lipinski definition) is 4. The molecule has 2 atom stereocenters. The third-order valence-electron chi connectivity index (χ3n) is 3.50. The minimum absolute atomic E-state index is 0.0435. The lowest BCUT2D eigenvalue weighted by Gasteiger charge is -2.24. The second-order valence-electron chi connectivity index (χ2n) is 5.18. The van der Waals surface area contributed by atoms with Crippen molar-refractivity contribution >= 4 is 61.6 Å². The molecule has 5 nitrogen and oxygen atoms in total. The third kappa shape index (κ3) is 2.99. The summed E-state index contributed by atoms with van der Waals surface area (Å²) in [7, 11) is -3.08. The molecule has 118 valence electrons. The van der Waals surface area contributed by atoms with Gasteiger partial charge in [0, 0.05) is 17.9 Å². The van der Waals surface area contributed by atoms with Crippen LogP contribution in [0.5, 0.6) is 0 Å². The molecule has 1 amide bonds. The van der Waals surface area contributed by atoms with Gasteiger partial charge in [-0.2, -0.15) is 4.99 Å². The Morgan fingerprint density at radius 1 is 1.32 bits per heavy atom. The quantitative estimate of drug-likeness (QED) is 0.751. The molecule has 1 aromatic carbocycles. The summed E-state index contributed by atoms with van der Waals surface area (Å²) in [6, 6.07) is 4.81. The number of carbonyl (C=O) groups excluding carboxylic acids is 1. The zero-order chi connectivity index (χ0) is 16.1. The summed E-state index contributed by atoms with van der Waals surface area (Å²) >= 11 is 13.3. The first-order valence-corrected chi connectivity index (χ1v) is 9.93. The van der Waals surface area contributed by atoms with Gasteiger partial charge in [-0.1, -0.05) is 35.0 Å². The lowest BCUT2D eigenvalue weighted by Crippen LogP contribution is -2.37. The molecule has 0 unspecified atom stereocenters. The number of hydrogen-bond donors (Lipinski definition) is 0. The minimum Gasteiger partial charge on any atom is -0.316 e. The zero-order valence-corrected chi connectivity index (χ0v) is 14.6. The number of sulfone groups is 1. The number of fused-ring (bicyclic) bond motifs is 1. The summed E-state index contributed by atoms with van der Waals surface area (Å²) in [5.41, 5.74) is 0.687. The third-order valence-corrected chi connectivity index (χ3v) is 7.45. The summed E-state index contributed by atoms with van der Waals surface area (Å²) in [5, 5.41) is 1.17. The fourth-order valence-electron chi connectivity index (χ4n) is 2.64. The number of benzene rings is 1. The van der Waals surface area contributed by atoms with Crippen molar-refractivity contribution in [1.29, 1.82) is 0 Å². The highest BCUT2D eigenvalue weighted by Gasteiger charge is 2.49. The normalized spacial score (nSPS) is 28.1. The van der Waals surface area contributed by atoms with Gasteiger partial charge in [-0.05, 0) is 18.2 Å². The summed E-state index contributed by atoms with van der Waals surface area (Å²) in [5.74, 6) is -0.186. The first-order valence-electron chi connectivity index (χ1n) is 6.47. The van der Waals surface area contributed by atoms with Gasteiger partial charge < -0.3 is 4.90 Å². The first kappa shape index (κ1) is 16.1. The van der Waals surface area contributed by atoms with Gasteiger partial charge in [-0.25, -0.2) is 8.42 Å². The van der Waals surface area contributed by atoms with E-state index in [1.54, 1.807) is 23.1 Å². The van der Waals surface area contributed by atoms with Gasteiger partial charge in [-0.3, -0.25) is 4.79 Å². The lowest BCUT2D eigenvalue weighted by molar-refractivity contribution is -0.115. The number of amidine groups is 1. The van der Waals surface area contributed by atoms with E-state index in [1.165, 1.54) is 18.7 Å². The van der Waals surface area contributed by atoms with Crippen molar-refractivity contribution in [3.05, 3.63) is 28.2 Å². The highest BCUT2D eigenvalue weighted by molar-refractivity contribution is 8.16. The molecule has 0 saturated carbocycles. The maximum absolute atomic E-state index is 11.9. The van der Waals surface area contributed by atoms with Gasteiger partial charge in [0.05, 0.1) is 27.6 Å². The topological polar surface area (TPSA) is 66.8 Å². The molecular weight excluding hydrogens is 367 g/mol. The molecule has 3 rings (SSSR count). The SMILES string of the molecule is CC(=O)N=C1S[C@@H]2CS(=O)(=O)C[C@H]2N1c1ccc(Cl)c(Cl)c1. The van der Waals surface area contributed by atoms with Crippen molar-refractivity contribution in [3.63, 3.8) is 0 Å². The Labute approximate surface area is 142 Å². The molecule has 2 fully saturated rings. The van der Waals surface area contributed by atoms with Gasteiger partial charge >= 0.3 is 0 Å². The molecule has 1 aromatic rings. The molecule has 2 heterocycles. The molecule has 2 aliphatic rings. The molecule has 9 heteroatoms. The van der Waals surface area contributed by atoms with Crippen LogP contribution in [-0.4, -0.2) is 42.3 Å². The molecular formula is C13H12Cl2N2O3S2. The number of aliphatic imine (C=N–C) groups is 1. The van der Waals surface area contributed by atoms with Gasteiger partial charge in [-0.15, -0.1) is 0 Å². The van der Waals surface area contributed by atoms with E-state index >= 15 is 0 Å². The Hall–Kier alpha value is -0.760. The number of anilines is 1. The highest BCUT2D eigenvalue weighted by atomic mass is 35.5. The van der Waals surface area contributed by atoms with Crippen molar-refractivity contribution in [2.75, 3.05) is 16.4 Å². The fourth-order valence-corrected chi connectivity index (χ4v) is 6.89. The van der Waals surface area contributed by atoms with E-state index in [0.717, 1.165) is 0 Å². The number of nitrogens with zero attached hydrogens (tertiary/aromatic N) is 2. The van der Waals surface area contributed by atoms with E-state index in [1.807, 2.05) is 0 Å². The standard InChI is InChI=1S/C13H12Cl2N2O3S2/c1-7(18)16-13-17(8-2-3-9(14)10(15)4-8)11-5-22(19,20)6-12(11)21-13/h2-4,11-12H,5-6H2,1H3/t11-,12-/m1/s1. The van der Waals surface area contributed by atoms with Crippen LogP contribution in [0.1, 0.15) is 6.92 Å². The van der Waals surface area contributed by atoms with Crippen molar-refractivity contribution < 1.29 is 13.2 Å². The smallest absolute Gasteiger partial charge is 0.244 e. The average molecular weight is 379 g/mol. The van der Waals surface area contributed by atoms with Gasteiger partial charge in [0.1, 0.15) is 0 Å². The van der Waals surface area contributed by atoms with Crippen LogP contribution in [0.3, 0.4) is 0 Å². The van der Waals surface area contributed by atoms with Crippen molar-refractivity contribution in [1.82, 2.24) is 0 Å². The lowest BCUT2D eigenvalue weighted by atomic mass is 10.2. The molecule has 0 spiro atoms. The number of thioether (sulfide) groups is 1. The number of halogens is 2. The second kappa shape index (κ2) is 5.70. The van der Waals surface area contributed by atoms with Crippen LogP contribution in [-0.2, 0) is 14.6 Å². The minimum atomic E-state index is -3.08. The molecule has 0 aromatic heterocycles. The average Bonchev–Trinajstić information content (AvgIpc) is 2.83. The number of amides is 1. The van der Waals surface area contributed by atoms with E-state index in [2.05, 4.69) is 4.99 Å². The Morgan fingerprint density at radius 3 is 2.68 bits per heavy atom. The maximum Gasteiger partial charge on any atom is 0.244 e. The second-order valence-corrected chi connectivity index (χ2v) is 9.36. The summed E-state index contributed by atoms with van der Waals surface area (Å²) in [6.45, 7) is 1.37. The van der Waals surface area contributed by atoms with Crippen molar-refractivity contribution in [2.24, 2.45) is 4.99 Å². The Morgan fingerprint density at radius 2 is 2.05 bits per heavy atom. The van der Waals surface area contributed by atoms with Crippen LogP contribution < -0.4 is 4.90 Å². The Balaban J connectivity index is 2.06. The molecule has 22 heavy (non-hydrogen) atoms. The predicted octanol–water partition coefficient (Wildman–Crippen LogP) is 2.61. The van der Waals surface area contributed by atoms with Gasteiger partial charge in [0.15, 0.2) is 15.0 Å². The summed E-state index contributed by atoms with van der Waals surface area (Å²) < 4.78 is 23.8. The largest absolute Gasteiger partial charge is 0.316 e. The van der Waals surface area contributed by atoms with Crippen LogP contribution in [0, 0.1) is 0 Å². The van der Waals surface area contributed by atoms with Crippen LogP contribution in [0.4, 0.5) is 5.69 Å². The van der Waals surface area contributed by atoms with Crippen molar-refractivity contribution in [3.8, 4) is 0 Å². The van der Waals surface area contributed by atoms with E-state index in [9.17, 15) is 13.2 Å². The Bertz CT molecular complexity index is 779. The molecule has 0 aliphatic carbocycles. The maximum atomic E-state index is 11.9. The van der Waals surface area contributed by atoms with Crippen LogP contribution >= 0.6 is 35.0 Å². The molecule has 0 N–H and O–H groups in total. The summed E-state index contributed by atoms with van der Waals surface area (Å²) in [6.07, 6.45) is 0. The fraction of sp³-hybridized carbons (Fsp3) is 0.385. The first-order chi connectivity index (χ1) is 10.3. The number of rotatable bonds is 1. The van der Waals surface area contributed by atoms with Crippen LogP contribution in [0.25, 0.3) is 0 Å². The van der Waals surface area contributed by atoms with E-state index < -0.39 is 9.84 Å². The number of carbonyl (C=O) groups is 1. The highest BCUT2D eigenvalue weighted by Crippen LogP contribution is 2.42. The van der Waals surface area contributed by atoms with Gasteiger partial charge in [0.2, 0.25) is 5.91 Å². The molecule has 2 aliphatic heterocycles. The Kier molecular flexibility index (Phi) is 4.18. The van der Waals surface area contributed by atoms with Crippen LogP contribution in [0.2, 0.25) is 10.0 Å². The van der Waals surface area contributed by atoms with E-state index in [0.29, 0.717) is 20.9 Å². The molecule has 2 saturated heterocycles. The van der Waals surface area contributed by atoms with E-state index in [4.69, 9.17) is 23.2 Å². The van der Waals surface area contributed by atoms with Crippen LogP contribution in [0.15, 0.2) is 23.2 Å². The molecule has 0 bridgehead atoms. The summed E-state index contributed by atoms with van der Waals surface area (Å²) in [4.78, 5) is 17.1. The van der Waals surface area contributed by atoms with Gasteiger partial charge in [0.25, 0.3) is 0 Å². The monoisotopic (exact) mass is 378 g/mol.